The van der Waals surface area contributed by atoms with Crippen LogP contribution in [0.5, 0.6) is 5.88 Å². The summed E-state index contributed by atoms with van der Waals surface area (Å²) in [5.41, 5.74) is 7.51. The monoisotopic (exact) mass is 292 g/mol. The average molecular weight is 292 g/mol. The molecular weight excluding hydrogens is 272 g/mol. The molecule has 20 heavy (non-hydrogen) atoms. The van der Waals surface area contributed by atoms with E-state index in [0.717, 1.165) is 35.9 Å². The lowest BCUT2D eigenvalue weighted by atomic mass is 10.3. The first-order chi connectivity index (χ1) is 9.69. The Kier molecular flexibility index (Phi) is 5.17. The van der Waals surface area contributed by atoms with E-state index in [1.54, 1.807) is 11.3 Å². The van der Waals surface area contributed by atoms with Gasteiger partial charge < -0.3 is 15.8 Å². The Morgan fingerprint density at radius 2 is 2.20 bits per heavy atom. The Balaban J connectivity index is 1.89. The van der Waals surface area contributed by atoms with Crippen LogP contribution in [0, 0.1) is 6.92 Å². The second kappa shape index (κ2) is 7.09. The highest BCUT2D eigenvalue weighted by Gasteiger charge is 2.04. The van der Waals surface area contributed by atoms with Gasteiger partial charge in [-0.05, 0) is 25.5 Å². The van der Waals surface area contributed by atoms with Crippen LogP contribution >= 0.6 is 11.3 Å². The quantitative estimate of drug-likeness (QED) is 0.821. The molecule has 0 saturated carbocycles. The molecule has 0 bridgehead atoms. The first kappa shape index (κ1) is 14.6. The van der Waals surface area contributed by atoms with E-state index in [9.17, 15) is 0 Å². The Morgan fingerprint density at radius 1 is 1.35 bits per heavy atom. The smallest absolute Gasteiger partial charge is 0.239 e. The number of hydrogen-bond donors (Lipinski definition) is 2. The van der Waals surface area contributed by atoms with E-state index >= 15 is 0 Å². The number of nitrogens with two attached hydrogens (primary N) is 1. The third-order valence-electron chi connectivity index (χ3n) is 2.69. The summed E-state index contributed by atoms with van der Waals surface area (Å²) < 4.78 is 5.51. The summed E-state index contributed by atoms with van der Waals surface area (Å²) in [5.74, 6) is 1.28. The molecule has 0 spiro atoms. The molecule has 0 aliphatic rings. The summed E-state index contributed by atoms with van der Waals surface area (Å²) in [7, 11) is 0. The van der Waals surface area contributed by atoms with Crippen LogP contribution in [0.1, 0.15) is 24.0 Å². The van der Waals surface area contributed by atoms with Crippen LogP contribution in [0.3, 0.4) is 0 Å². The molecule has 2 aromatic heterocycles. The van der Waals surface area contributed by atoms with E-state index in [-0.39, 0.29) is 0 Å². The topological polar surface area (TPSA) is 73.1 Å². The summed E-state index contributed by atoms with van der Waals surface area (Å²) in [6, 6.07) is 3.67. The van der Waals surface area contributed by atoms with Gasteiger partial charge in [0.25, 0.3) is 0 Å². The van der Waals surface area contributed by atoms with Crippen molar-refractivity contribution >= 4 is 22.8 Å². The van der Waals surface area contributed by atoms with Gasteiger partial charge in [0.05, 0.1) is 23.0 Å². The van der Waals surface area contributed by atoms with E-state index in [2.05, 4.69) is 20.7 Å². The minimum Gasteiger partial charge on any atom is -0.476 e. The molecule has 0 unspecified atom stereocenters. The first-order valence-electron chi connectivity index (χ1n) is 6.73. The maximum Gasteiger partial charge on any atom is 0.239 e. The lowest BCUT2D eigenvalue weighted by molar-refractivity contribution is 0.307. The zero-order valence-corrected chi connectivity index (χ0v) is 12.7. The average Bonchev–Trinajstić information content (AvgIpc) is 2.85. The van der Waals surface area contributed by atoms with Gasteiger partial charge in [0.1, 0.15) is 5.82 Å². The van der Waals surface area contributed by atoms with Crippen LogP contribution in [0.15, 0.2) is 17.5 Å². The predicted molar refractivity (Wildman–Crippen MR) is 83.5 cm³/mol. The number of thiazole rings is 1. The van der Waals surface area contributed by atoms with Gasteiger partial charge in [0.15, 0.2) is 0 Å². The lowest BCUT2D eigenvalue weighted by Crippen LogP contribution is -2.08. The van der Waals surface area contributed by atoms with Gasteiger partial charge in [-0.2, -0.15) is 4.98 Å². The van der Waals surface area contributed by atoms with Crippen LogP contribution in [0.4, 0.5) is 11.5 Å². The van der Waals surface area contributed by atoms with Crippen LogP contribution in [0.2, 0.25) is 0 Å². The molecule has 108 valence electrons. The number of nitrogens with zero attached hydrogens (tertiary/aromatic N) is 2. The van der Waals surface area contributed by atoms with Crippen molar-refractivity contribution in [1.82, 2.24) is 9.97 Å². The fraction of sp³-hybridized carbons (Fsp3) is 0.429. The van der Waals surface area contributed by atoms with Gasteiger partial charge >= 0.3 is 0 Å². The highest BCUT2D eigenvalue weighted by molar-refractivity contribution is 7.09. The minimum absolute atomic E-state index is 0.501. The largest absolute Gasteiger partial charge is 0.476 e. The van der Waals surface area contributed by atoms with Crippen molar-refractivity contribution in [2.45, 2.75) is 26.7 Å². The number of nitrogen functional groups attached to an aromatic ring is 1. The molecule has 2 heterocycles. The summed E-state index contributed by atoms with van der Waals surface area (Å²) in [6.45, 7) is 5.47. The second-order valence-corrected chi connectivity index (χ2v) is 5.54. The van der Waals surface area contributed by atoms with Crippen LogP contribution in [-0.4, -0.2) is 23.1 Å². The molecule has 3 N–H and O–H groups in total. The van der Waals surface area contributed by atoms with Crippen LogP contribution in [0.25, 0.3) is 0 Å². The normalized spacial score (nSPS) is 10.5. The van der Waals surface area contributed by atoms with E-state index in [0.29, 0.717) is 18.2 Å². The number of hydrogen-bond acceptors (Lipinski definition) is 6. The third kappa shape index (κ3) is 4.09. The molecule has 0 amide bonds. The Bertz CT molecular complexity index is 556. The Morgan fingerprint density at radius 3 is 2.90 bits per heavy atom. The van der Waals surface area contributed by atoms with Gasteiger partial charge in [0.2, 0.25) is 5.88 Å². The number of pyridine rings is 1. The number of anilines is 2. The number of ether oxygens (including phenoxy) is 1. The van der Waals surface area contributed by atoms with Crippen molar-refractivity contribution in [1.29, 1.82) is 0 Å². The molecule has 0 atom stereocenters. The van der Waals surface area contributed by atoms with Crippen molar-refractivity contribution in [2.24, 2.45) is 0 Å². The third-order valence-corrected chi connectivity index (χ3v) is 3.51. The van der Waals surface area contributed by atoms with Crippen molar-refractivity contribution < 1.29 is 4.74 Å². The lowest BCUT2D eigenvalue weighted by Gasteiger charge is -2.10. The first-order valence-corrected chi connectivity index (χ1v) is 7.61. The maximum atomic E-state index is 5.83. The Hall–Kier alpha value is -1.82. The summed E-state index contributed by atoms with van der Waals surface area (Å²) in [6.07, 6.45) is 1.81. The molecule has 5 nitrogen and oxygen atoms in total. The minimum atomic E-state index is 0.501. The zero-order chi connectivity index (χ0) is 14.4. The van der Waals surface area contributed by atoms with Crippen molar-refractivity contribution in [2.75, 3.05) is 24.2 Å². The Labute approximate surface area is 123 Å². The highest BCUT2D eigenvalue weighted by atomic mass is 32.1. The maximum absolute atomic E-state index is 5.83. The van der Waals surface area contributed by atoms with Crippen LogP contribution in [-0.2, 0) is 6.42 Å². The molecule has 6 heteroatoms. The molecule has 0 aromatic carbocycles. The second-order valence-electron chi connectivity index (χ2n) is 4.47. The van der Waals surface area contributed by atoms with Crippen molar-refractivity contribution in [3.8, 4) is 5.88 Å². The highest BCUT2D eigenvalue weighted by Crippen LogP contribution is 2.21. The number of nitrogens with one attached hydrogen (secondary N) is 1. The van der Waals surface area contributed by atoms with Crippen molar-refractivity contribution in [3.63, 3.8) is 0 Å². The summed E-state index contributed by atoms with van der Waals surface area (Å²) >= 11 is 1.67. The van der Waals surface area contributed by atoms with Gasteiger partial charge in [-0.15, -0.1) is 11.3 Å². The summed E-state index contributed by atoms with van der Waals surface area (Å²) in [4.78, 5) is 8.80. The SMILES string of the molecule is CCCOc1nc(NCCc2csc(C)n2)ccc1N. The van der Waals surface area contributed by atoms with Crippen molar-refractivity contribution in [3.05, 3.63) is 28.2 Å². The molecule has 0 fully saturated rings. The predicted octanol–water partition coefficient (Wildman–Crippen LogP) is 2.87. The number of rotatable bonds is 7. The van der Waals surface area contributed by atoms with E-state index in [4.69, 9.17) is 10.5 Å². The zero-order valence-electron chi connectivity index (χ0n) is 11.8. The fourth-order valence-corrected chi connectivity index (χ4v) is 2.35. The van der Waals surface area contributed by atoms with Gasteiger partial charge in [0, 0.05) is 18.3 Å². The molecule has 0 aliphatic carbocycles. The molecule has 2 rings (SSSR count). The summed E-state index contributed by atoms with van der Waals surface area (Å²) in [5, 5.41) is 6.45. The van der Waals surface area contributed by atoms with Gasteiger partial charge in [-0.25, -0.2) is 4.98 Å². The molecule has 0 saturated heterocycles. The number of aryl methyl sites for hydroxylation is 1. The fourth-order valence-electron chi connectivity index (χ4n) is 1.71. The number of aromatic nitrogens is 2. The standard InChI is InChI=1S/C14H20N4OS/c1-3-8-19-14-12(15)4-5-13(18-14)16-7-6-11-9-20-10(2)17-11/h4-5,9H,3,6-8,15H2,1-2H3,(H,16,18). The van der Waals surface area contributed by atoms with Gasteiger partial charge in [-0.1, -0.05) is 6.92 Å². The van der Waals surface area contributed by atoms with E-state index in [1.807, 2.05) is 26.0 Å². The van der Waals surface area contributed by atoms with Crippen LogP contribution < -0.4 is 15.8 Å². The van der Waals surface area contributed by atoms with E-state index in [1.165, 1.54) is 0 Å². The van der Waals surface area contributed by atoms with E-state index < -0.39 is 0 Å². The molecule has 0 radical (unpaired) electrons. The van der Waals surface area contributed by atoms with Gasteiger partial charge in [-0.3, -0.25) is 0 Å². The molecule has 2 aromatic rings. The molecule has 0 aliphatic heterocycles. The molecular formula is C14H20N4OS.